The van der Waals surface area contributed by atoms with Gasteiger partial charge in [-0.1, -0.05) is 60.7 Å². The number of anilines is 1. The van der Waals surface area contributed by atoms with E-state index in [1.165, 1.54) is 22.3 Å². The van der Waals surface area contributed by atoms with Gasteiger partial charge in [0.2, 0.25) is 0 Å². The van der Waals surface area contributed by atoms with Gasteiger partial charge in [-0.3, -0.25) is 5.32 Å². The van der Waals surface area contributed by atoms with Crippen molar-refractivity contribution in [3.05, 3.63) is 114 Å². The smallest absolute Gasteiger partial charge is 0.411 e. The van der Waals surface area contributed by atoms with Crippen molar-refractivity contribution >= 4 is 11.8 Å². The summed E-state index contributed by atoms with van der Waals surface area (Å²) >= 11 is 0. The van der Waals surface area contributed by atoms with Crippen LogP contribution in [0.15, 0.2) is 97.1 Å². The highest BCUT2D eigenvalue weighted by Gasteiger charge is 2.28. The molecule has 0 aliphatic heterocycles. The first-order valence-electron chi connectivity index (χ1n) is 10.8. The molecule has 1 amide bonds. The fourth-order valence-corrected chi connectivity index (χ4v) is 4.16. The molecule has 0 atom stereocenters. The van der Waals surface area contributed by atoms with Gasteiger partial charge in [-0.2, -0.15) is 0 Å². The van der Waals surface area contributed by atoms with Crippen LogP contribution in [-0.4, -0.2) is 17.8 Å². The van der Waals surface area contributed by atoms with E-state index in [-0.39, 0.29) is 19.1 Å². The Kier molecular flexibility index (Phi) is 5.79. The molecule has 1 aliphatic rings. The Labute approximate surface area is 192 Å². The van der Waals surface area contributed by atoms with Gasteiger partial charge in [-0.25, -0.2) is 4.79 Å². The molecule has 5 rings (SSSR count). The highest BCUT2D eigenvalue weighted by Crippen LogP contribution is 2.44. The van der Waals surface area contributed by atoms with E-state index < -0.39 is 6.09 Å². The molecule has 1 aliphatic carbocycles. The largest absolute Gasteiger partial charge is 0.457 e. The van der Waals surface area contributed by atoms with Crippen molar-refractivity contribution in [2.24, 2.45) is 0 Å². The number of amides is 1. The second kappa shape index (κ2) is 9.18. The molecule has 33 heavy (non-hydrogen) atoms. The lowest BCUT2D eigenvalue weighted by atomic mass is 9.98. The van der Waals surface area contributed by atoms with Crippen LogP contribution in [0.5, 0.6) is 11.5 Å². The average molecular weight is 437 g/mol. The molecule has 4 aromatic rings. The summed E-state index contributed by atoms with van der Waals surface area (Å²) in [5.41, 5.74) is 6.20. The van der Waals surface area contributed by atoms with Gasteiger partial charge in [-0.05, 0) is 64.2 Å². The Morgan fingerprint density at radius 3 is 1.88 bits per heavy atom. The Balaban J connectivity index is 1.19. The average Bonchev–Trinajstić information content (AvgIpc) is 3.18. The number of nitrogens with one attached hydrogen (secondary N) is 1. The molecular formula is C28H23NO4. The summed E-state index contributed by atoms with van der Waals surface area (Å²) in [5.74, 6) is 1.34. The number of fused-ring (bicyclic) bond motifs is 3. The number of benzene rings is 4. The van der Waals surface area contributed by atoms with Gasteiger partial charge >= 0.3 is 6.09 Å². The fraction of sp³-hybridized carbons (Fsp3) is 0.107. The van der Waals surface area contributed by atoms with Crippen LogP contribution in [0.4, 0.5) is 10.5 Å². The molecular weight excluding hydrogens is 414 g/mol. The lowest BCUT2D eigenvalue weighted by Crippen LogP contribution is -2.17. The van der Waals surface area contributed by atoms with Crippen molar-refractivity contribution in [1.29, 1.82) is 0 Å². The minimum atomic E-state index is -0.495. The van der Waals surface area contributed by atoms with Crippen molar-refractivity contribution in [3.63, 3.8) is 0 Å². The van der Waals surface area contributed by atoms with Crippen molar-refractivity contribution in [2.75, 3.05) is 11.9 Å². The van der Waals surface area contributed by atoms with E-state index in [2.05, 4.69) is 29.6 Å². The standard InChI is InChI=1S/C28H23NO4/c30-17-19-9-13-21(14-10-19)33-22-15-11-20(12-16-22)29-28(31)32-18-27-25-7-3-1-5-23(25)24-6-2-4-8-26(24)27/h1-16,27,30H,17-18H2,(H,29,31). The summed E-state index contributed by atoms with van der Waals surface area (Å²) in [7, 11) is 0. The zero-order chi connectivity index (χ0) is 22.6. The Hall–Kier alpha value is -4.09. The van der Waals surface area contributed by atoms with E-state index in [0.717, 1.165) is 5.56 Å². The molecule has 0 radical (unpaired) electrons. The van der Waals surface area contributed by atoms with Crippen LogP contribution >= 0.6 is 0 Å². The highest BCUT2D eigenvalue weighted by atomic mass is 16.5. The lowest BCUT2D eigenvalue weighted by Gasteiger charge is -2.14. The van der Waals surface area contributed by atoms with Gasteiger partial charge < -0.3 is 14.6 Å². The Bertz CT molecular complexity index is 1220. The molecule has 0 unspecified atom stereocenters. The number of carbonyl (C=O) groups excluding carboxylic acids is 1. The number of aliphatic hydroxyl groups is 1. The quantitative estimate of drug-likeness (QED) is 0.370. The third kappa shape index (κ3) is 4.45. The summed E-state index contributed by atoms with van der Waals surface area (Å²) in [6.45, 7) is 0.265. The van der Waals surface area contributed by atoms with Crippen LogP contribution in [0.2, 0.25) is 0 Å². The minimum absolute atomic E-state index is 0.00346. The van der Waals surface area contributed by atoms with Crippen molar-refractivity contribution in [1.82, 2.24) is 0 Å². The van der Waals surface area contributed by atoms with Crippen LogP contribution in [0.1, 0.15) is 22.6 Å². The molecule has 2 N–H and O–H groups in total. The topological polar surface area (TPSA) is 67.8 Å². The molecule has 0 fully saturated rings. The van der Waals surface area contributed by atoms with E-state index in [1.54, 1.807) is 36.4 Å². The second-order valence-corrected chi connectivity index (χ2v) is 7.88. The van der Waals surface area contributed by atoms with Crippen LogP contribution in [0, 0.1) is 0 Å². The summed E-state index contributed by atoms with van der Waals surface area (Å²) in [6, 6.07) is 30.8. The fourth-order valence-electron chi connectivity index (χ4n) is 4.16. The molecule has 0 saturated heterocycles. The third-order valence-corrected chi connectivity index (χ3v) is 5.79. The summed E-state index contributed by atoms with van der Waals surface area (Å²) < 4.78 is 11.4. The maximum atomic E-state index is 12.4. The molecule has 164 valence electrons. The van der Waals surface area contributed by atoms with Gasteiger partial charge in [0.25, 0.3) is 0 Å². The van der Waals surface area contributed by atoms with E-state index in [4.69, 9.17) is 14.6 Å². The van der Waals surface area contributed by atoms with Crippen LogP contribution in [0.25, 0.3) is 11.1 Å². The second-order valence-electron chi connectivity index (χ2n) is 7.88. The molecule has 0 spiro atoms. The normalized spacial score (nSPS) is 12.0. The van der Waals surface area contributed by atoms with Gasteiger partial charge in [-0.15, -0.1) is 0 Å². The predicted octanol–water partition coefficient (Wildman–Crippen LogP) is 6.33. The highest BCUT2D eigenvalue weighted by molar-refractivity contribution is 5.85. The van der Waals surface area contributed by atoms with Crippen molar-refractivity contribution in [3.8, 4) is 22.6 Å². The van der Waals surface area contributed by atoms with Gasteiger partial charge in [0.15, 0.2) is 0 Å². The number of aliphatic hydroxyl groups excluding tert-OH is 1. The van der Waals surface area contributed by atoms with Crippen molar-refractivity contribution < 1.29 is 19.4 Å². The minimum Gasteiger partial charge on any atom is -0.457 e. The van der Waals surface area contributed by atoms with Gasteiger partial charge in [0.1, 0.15) is 18.1 Å². The van der Waals surface area contributed by atoms with E-state index in [9.17, 15) is 4.79 Å². The molecule has 0 aromatic heterocycles. The molecule has 0 bridgehead atoms. The number of hydrogen-bond donors (Lipinski definition) is 2. The third-order valence-electron chi connectivity index (χ3n) is 5.79. The molecule has 5 heteroatoms. The monoisotopic (exact) mass is 437 g/mol. The number of rotatable bonds is 6. The first kappa shape index (κ1) is 20.8. The van der Waals surface area contributed by atoms with Crippen LogP contribution in [-0.2, 0) is 11.3 Å². The summed E-state index contributed by atoms with van der Waals surface area (Å²) in [5, 5.41) is 11.9. The number of ether oxygens (including phenoxy) is 2. The van der Waals surface area contributed by atoms with Crippen LogP contribution in [0.3, 0.4) is 0 Å². The van der Waals surface area contributed by atoms with E-state index in [0.29, 0.717) is 17.2 Å². The molecule has 0 heterocycles. The molecule has 5 nitrogen and oxygen atoms in total. The zero-order valence-electron chi connectivity index (χ0n) is 17.9. The first-order chi connectivity index (χ1) is 16.2. The van der Waals surface area contributed by atoms with Crippen molar-refractivity contribution in [2.45, 2.75) is 12.5 Å². The first-order valence-corrected chi connectivity index (χ1v) is 10.8. The Morgan fingerprint density at radius 2 is 1.30 bits per heavy atom. The van der Waals surface area contributed by atoms with E-state index in [1.807, 2.05) is 36.4 Å². The van der Waals surface area contributed by atoms with Gasteiger partial charge in [0.05, 0.1) is 6.61 Å². The van der Waals surface area contributed by atoms with Crippen LogP contribution < -0.4 is 10.1 Å². The maximum Gasteiger partial charge on any atom is 0.411 e. The lowest BCUT2D eigenvalue weighted by molar-refractivity contribution is 0.158. The number of hydrogen-bond acceptors (Lipinski definition) is 4. The number of carbonyl (C=O) groups is 1. The molecule has 4 aromatic carbocycles. The summed E-state index contributed by atoms with van der Waals surface area (Å²) in [4.78, 5) is 12.4. The zero-order valence-corrected chi connectivity index (χ0v) is 17.9. The van der Waals surface area contributed by atoms with Gasteiger partial charge in [0, 0.05) is 11.6 Å². The summed E-state index contributed by atoms with van der Waals surface area (Å²) in [6.07, 6.45) is -0.495. The molecule has 0 saturated carbocycles. The van der Waals surface area contributed by atoms with E-state index >= 15 is 0 Å². The Morgan fingerprint density at radius 1 is 0.758 bits per heavy atom. The predicted molar refractivity (Wildman–Crippen MR) is 128 cm³/mol. The maximum absolute atomic E-state index is 12.4. The SMILES string of the molecule is O=C(Nc1ccc(Oc2ccc(CO)cc2)cc1)OCC1c2ccccc2-c2ccccc21.